The van der Waals surface area contributed by atoms with Gasteiger partial charge in [0.25, 0.3) is 0 Å². The molecule has 0 aliphatic carbocycles. The van der Waals surface area contributed by atoms with Crippen molar-refractivity contribution in [1.82, 2.24) is 5.32 Å². The van der Waals surface area contributed by atoms with E-state index in [1.54, 1.807) is 0 Å². The predicted molar refractivity (Wildman–Crippen MR) is 73.6 cm³/mol. The van der Waals surface area contributed by atoms with E-state index in [1.165, 1.54) is 5.56 Å². The summed E-state index contributed by atoms with van der Waals surface area (Å²) in [5.41, 5.74) is 1.36. The van der Waals surface area contributed by atoms with Crippen LogP contribution in [0.3, 0.4) is 0 Å². The molecule has 1 aromatic rings. The Morgan fingerprint density at radius 3 is 2.06 bits per heavy atom. The zero-order chi connectivity index (χ0) is 12.8. The molecule has 0 radical (unpaired) electrons. The first kappa shape index (κ1) is 14.0. The number of hydrogen-bond donors (Lipinski definition) is 1. The van der Waals surface area contributed by atoms with Crippen molar-refractivity contribution in [3.63, 3.8) is 0 Å². The molecule has 1 aromatic carbocycles. The standard InChI is InChI=1S/C15H25NO/c1-11(2)15(16-5)10-13-6-8-14(9-7-13)17-12(3)4/h6-9,11-12,15-16H,10H2,1-5H3. The summed E-state index contributed by atoms with van der Waals surface area (Å²) in [6, 6.07) is 8.96. The van der Waals surface area contributed by atoms with Gasteiger partial charge in [0.2, 0.25) is 0 Å². The second-order valence-corrected chi connectivity index (χ2v) is 5.15. The van der Waals surface area contributed by atoms with Gasteiger partial charge in [-0.15, -0.1) is 0 Å². The molecule has 0 saturated heterocycles. The summed E-state index contributed by atoms with van der Waals surface area (Å²) in [6.07, 6.45) is 1.30. The van der Waals surface area contributed by atoms with E-state index in [-0.39, 0.29) is 6.10 Å². The molecule has 0 fully saturated rings. The van der Waals surface area contributed by atoms with Crippen LogP contribution in [0, 0.1) is 5.92 Å². The Labute approximate surface area is 105 Å². The fourth-order valence-electron chi connectivity index (χ4n) is 1.90. The number of hydrogen-bond acceptors (Lipinski definition) is 2. The largest absolute Gasteiger partial charge is 0.491 e. The van der Waals surface area contributed by atoms with Gasteiger partial charge in [0.15, 0.2) is 0 Å². The summed E-state index contributed by atoms with van der Waals surface area (Å²) in [5, 5.41) is 3.37. The van der Waals surface area contributed by atoms with Crippen molar-refractivity contribution in [3.8, 4) is 5.75 Å². The maximum absolute atomic E-state index is 5.63. The molecular formula is C15H25NO. The van der Waals surface area contributed by atoms with Crippen LogP contribution in [-0.4, -0.2) is 19.2 Å². The highest BCUT2D eigenvalue weighted by Crippen LogP contribution is 2.16. The van der Waals surface area contributed by atoms with Gasteiger partial charge in [-0.05, 0) is 50.9 Å². The lowest BCUT2D eigenvalue weighted by atomic mass is 9.96. The lowest BCUT2D eigenvalue weighted by Gasteiger charge is -2.20. The number of ether oxygens (including phenoxy) is 1. The van der Waals surface area contributed by atoms with Crippen LogP contribution in [0.25, 0.3) is 0 Å². The van der Waals surface area contributed by atoms with Crippen LogP contribution in [-0.2, 0) is 6.42 Å². The zero-order valence-electron chi connectivity index (χ0n) is 11.7. The van der Waals surface area contributed by atoms with Crippen LogP contribution in [0.4, 0.5) is 0 Å². The highest BCUT2D eigenvalue weighted by molar-refractivity contribution is 5.28. The smallest absolute Gasteiger partial charge is 0.119 e. The third-order valence-corrected chi connectivity index (χ3v) is 2.93. The molecule has 0 saturated carbocycles. The summed E-state index contributed by atoms with van der Waals surface area (Å²) < 4.78 is 5.63. The minimum atomic E-state index is 0.238. The minimum Gasteiger partial charge on any atom is -0.491 e. The SMILES string of the molecule is CNC(Cc1ccc(OC(C)C)cc1)C(C)C. The van der Waals surface area contributed by atoms with Crippen molar-refractivity contribution < 1.29 is 4.74 Å². The summed E-state index contributed by atoms with van der Waals surface area (Å²) in [6.45, 7) is 8.59. The molecule has 1 N–H and O–H groups in total. The second kappa shape index (κ2) is 6.65. The van der Waals surface area contributed by atoms with Crippen LogP contribution in [0.2, 0.25) is 0 Å². The minimum absolute atomic E-state index is 0.238. The van der Waals surface area contributed by atoms with Crippen LogP contribution in [0.5, 0.6) is 5.75 Å². The van der Waals surface area contributed by atoms with E-state index < -0.39 is 0 Å². The van der Waals surface area contributed by atoms with E-state index in [4.69, 9.17) is 4.74 Å². The van der Waals surface area contributed by atoms with Gasteiger partial charge in [0.1, 0.15) is 5.75 Å². The quantitative estimate of drug-likeness (QED) is 0.817. The topological polar surface area (TPSA) is 21.3 Å². The fourth-order valence-corrected chi connectivity index (χ4v) is 1.90. The molecule has 0 bridgehead atoms. The van der Waals surface area contributed by atoms with E-state index in [1.807, 2.05) is 20.9 Å². The Bertz CT molecular complexity index is 316. The highest BCUT2D eigenvalue weighted by Gasteiger charge is 2.11. The van der Waals surface area contributed by atoms with Crippen LogP contribution < -0.4 is 10.1 Å². The molecule has 1 rings (SSSR count). The third-order valence-electron chi connectivity index (χ3n) is 2.93. The molecule has 2 nitrogen and oxygen atoms in total. The van der Waals surface area contributed by atoms with Gasteiger partial charge in [0.05, 0.1) is 6.10 Å². The molecule has 0 amide bonds. The molecule has 1 unspecified atom stereocenters. The molecule has 0 heterocycles. The van der Waals surface area contributed by atoms with E-state index in [2.05, 4.69) is 43.4 Å². The third kappa shape index (κ3) is 4.78. The first-order chi connectivity index (χ1) is 8.02. The maximum Gasteiger partial charge on any atom is 0.119 e. The molecule has 0 aliphatic rings. The van der Waals surface area contributed by atoms with E-state index in [0.717, 1.165) is 12.2 Å². The van der Waals surface area contributed by atoms with Crippen molar-refractivity contribution in [1.29, 1.82) is 0 Å². The van der Waals surface area contributed by atoms with Gasteiger partial charge in [-0.25, -0.2) is 0 Å². The van der Waals surface area contributed by atoms with E-state index in [0.29, 0.717) is 12.0 Å². The number of benzene rings is 1. The number of likely N-dealkylation sites (N-methyl/N-ethyl adjacent to an activating group) is 1. The Balaban J connectivity index is 2.61. The van der Waals surface area contributed by atoms with Crippen molar-refractivity contribution in [2.45, 2.75) is 46.3 Å². The maximum atomic E-state index is 5.63. The summed E-state index contributed by atoms with van der Waals surface area (Å²) in [4.78, 5) is 0. The summed E-state index contributed by atoms with van der Waals surface area (Å²) >= 11 is 0. The van der Waals surface area contributed by atoms with E-state index in [9.17, 15) is 0 Å². The van der Waals surface area contributed by atoms with Gasteiger partial charge < -0.3 is 10.1 Å². The molecular weight excluding hydrogens is 210 g/mol. The summed E-state index contributed by atoms with van der Waals surface area (Å²) in [7, 11) is 2.03. The number of rotatable bonds is 6. The summed E-state index contributed by atoms with van der Waals surface area (Å²) in [5.74, 6) is 1.60. The lowest BCUT2D eigenvalue weighted by molar-refractivity contribution is 0.242. The van der Waals surface area contributed by atoms with Crippen molar-refractivity contribution in [2.75, 3.05) is 7.05 Å². The Morgan fingerprint density at radius 1 is 1.06 bits per heavy atom. The fraction of sp³-hybridized carbons (Fsp3) is 0.600. The molecule has 0 aromatic heterocycles. The molecule has 0 aliphatic heterocycles. The monoisotopic (exact) mass is 235 g/mol. The van der Waals surface area contributed by atoms with Crippen molar-refractivity contribution >= 4 is 0 Å². The molecule has 96 valence electrons. The van der Waals surface area contributed by atoms with Gasteiger partial charge in [-0.2, -0.15) is 0 Å². The Morgan fingerprint density at radius 2 is 1.65 bits per heavy atom. The van der Waals surface area contributed by atoms with Crippen molar-refractivity contribution in [2.24, 2.45) is 5.92 Å². The molecule has 0 spiro atoms. The van der Waals surface area contributed by atoms with Gasteiger partial charge in [-0.1, -0.05) is 26.0 Å². The molecule has 2 heteroatoms. The second-order valence-electron chi connectivity index (χ2n) is 5.15. The lowest BCUT2D eigenvalue weighted by Crippen LogP contribution is -2.32. The van der Waals surface area contributed by atoms with Crippen LogP contribution >= 0.6 is 0 Å². The van der Waals surface area contributed by atoms with Crippen LogP contribution in [0.15, 0.2) is 24.3 Å². The number of nitrogens with one attached hydrogen (secondary N) is 1. The van der Waals surface area contributed by atoms with Crippen molar-refractivity contribution in [3.05, 3.63) is 29.8 Å². The van der Waals surface area contributed by atoms with Crippen LogP contribution in [0.1, 0.15) is 33.3 Å². The average Bonchev–Trinajstić information content (AvgIpc) is 2.26. The van der Waals surface area contributed by atoms with Gasteiger partial charge in [0, 0.05) is 6.04 Å². The Hall–Kier alpha value is -1.02. The average molecular weight is 235 g/mol. The highest BCUT2D eigenvalue weighted by atomic mass is 16.5. The molecule has 17 heavy (non-hydrogen) atoms. The first-order valence-electron chi connectivity index (χ1n) is 6.45. The first-order valence-corrected chi connectivity index (χ1v) is 6.45. The Kier molecular flexibility index (Phi) is 5.49. The zero-order valence-corrected chi connectivity index (χ0v) is 11.7. The van der Waals surface area contributed by atoms with Gasteiger partial charge >= 0.3 is 0 Å². The normalized spacial score (nSPS) is 13.1. The predicted octanol–water partition coefficient (Wildman–Crippen LogP) is 3.26. The van der Waals surface area contributed by atoms with E-state index >= 15 is 0 Å². The van der Waals surface area contributed by atoms with Gasteiger partial charge in [-0.3, -0.25) is 0 Å². The molecule has 1 atom stereocenters.